The Labute approximate surface area is 138 Å². The highest BCUT2D eigenvalue weighted by Crippen LogP contribution is 2.12. The van der Waals surface area contributed by atoms with Crippen LogP contribution in [0.15, 0.2) is 70.4 Å². The minimum absolute atomic E-state index is 0.232. The van der Waals surface area contributed by atoms with E-state index in [1.807, 2.05) is 0 Å². The van der Waals surface area contributed by atoms with E-state index in [1.54, 1.807) is 54.6 Å². The van der Waals surface area contributed by atoms with Crippen LogP contribution in [0.4, 0.5) is 0 Å². The number of allylic oxidation sites excluding steroid dienone is 4. The van der Waals surface area contributed by atoms with Gasteiger partial charge in [0.2, 0.25) is 10.0 Å². The van der Waals surface area contributed by atoms with Crippen LogP contribution in [0.2, 0.25) is 0 Å². The van der Waals surface area contributed by atoms with E-state index in [9.17, 15) is 13.2 Å². The van der Waals surface area contributed by atoms with Crippen molar-refractivity contribution in [2.24, 2.45) is 0 Å². The molecule has 22 heavy (non-hydrogen) atoms. The predicted molar refractivity (Wildman–Crippen MR) is 89.6 cm³/mol. The lowest BCUT2D eigenvalue weighted by Gasteiger charge is -2.08. The van der Waals surface area contributed by atoms with Crippen molar-refractivity contribution in [3.63, 3.8) is 0 Å². The van der Waals surface area contributed by atoms with Crippen molar-refractivity contribution in [1.29, 1.82) is 0 Å². The van der Waals surface area contributed by atoms with Crippen LogP contribution in [-0.4, -0.2) is 14.3 Å². The molecule has 0 aromatic heterocycles. The molecule has 6 heteroatoms. The van der Waals surface area contributed by atoms with E-state index in [0.29, 0.717) is 17.6 Å². The molecule has 1 N–H and O–H groups in total. The maximum atomic E-state index is 12.1. The minimum atomic E-state index is -3.73. The summed E-state index contributed by atoms with van der Waals surface area (Å²) >= 11 is 3.28. The second-order valence-corrected chi connectivity index (χ2v) is 7.20. The maximum Gasteiger partial charge on any atom is 0.260 e. The molecular formula is C16H14BrNO3S. The molecule has 0 saturated heterocycles. The van der Waals surface area contributed by atoms with E-state index in [2.05, 4.69) is 26.4 Å². The number of carbonyl (C=O) groups is 1. The summed E-state index contributed by atoms with van der Waals surface area (Å²) in [7, 11) is -3.73. The second kappa shape index (κ2) is 7.40. The fourth-order valence-electron chi connectivity index (χ4n) is 1.83. The van der Waals surface area contributed by atoms with E-state index in [1.165, 1.54) is 0 Å². The van der Waals surface area contributed by atoms with Crippen molar-refractivity contribution in [2.45, 2.75) is 12.2 Å². The number of amides is 1. The summed E-state index contributed by atoms with van der Waals surface area (Å²) in [6.45, 7) is 0. The van der Waals surface area contributed by atoms with Crippen molar-refractivity contribution in [1.82, 2.24) is 4.72 Å². The molecule has 1 amide bonds. The molecule has 0 unspecified atom stereocenters. The van der Waals surface area contributed by atoms with Gasteiger partial charge in [0.05, 0.1) is 10.2 Å². The molecule has 1 aliphatic carbocycles. The third-order valence-corrected chi connectivity index (χ3v) is 4.54. The molecule has 0 heterocycles. The molecule has 114 valence electrons. The third kappa shape index (κ3) is 5.15. The Bertz CT molecular complexity index is 786. The molecule has 0 radical (unpaired) electrons. The van der Waals surface area contributed by atoms with Crippen molar-refractivity contribution in [3.8, 4) is 0 Å². The number of hydrogen-bond donors (Lipinski definition) is 1. The van der Waals surface area contributed by atoms with E-state index >= 15 is 0 Å². The summed E-state index contributed by atoms with van der Waals surface area (Å²) in [5, 5.41) is 0. The minimum Gasteiger partial charge on any atom is -0.269 e. The summed E-state index contributed by atoms with van der Waals surface area (Å²) in [5.41, 5.74) is 3.91. The SMILES string of the molecule is O=C(NS(=O)(=O)Cc1ccccc1)C1=CC=CC(Br)=C=CC1. The number of sulfonamides is 1. The number of benzene rings is 1. The van der Waals surface area contributed by atoms with Gasteiger partial charge in [-0.15, -0.1) is 5.73 Å². The maximum absolute atomic E-state index is 12.1. The Balaban J connectivity index is 2.07. The quantitative estimate of drug-likeness (QED) is 0.817. The molecule has 0 fully saturated rings. The van der Waals surface area contributed by atoms with Crippen molar-refractivity contribution >= 4 is 31.9 Å². The Morgan fingerprint density at radius 1 is 1.27 bits per heavy atom. The van der Waals surface area contributed by atoms with E-state index in [-0.39, 0.29) is 5.75 Å². The van der Waals surface area contributed by atoms with Crippen LogP contribution in [-0.2, 0) is 20.6 Å². The molecule has 4 nitrogen and oxygen atoms in total. The van der Waals surface area contributed by atoms with Gasteiger partial charge in [0.15, 0.2) is 0 Å². The smallest absolute Gasteiger partial charge is 0.260 e. The van der Waals surface area contributed by atoms with Gasteiger partial charge in [-0.2, -0.15) is 0 Å². The third-order valence-electron chi connectivity index (χ3n) is 2.84. The summed E-state index contributed by atoms with van der Waals surface area (Å²) in [6, 6.07) is 8.71. The van der Waals surface area contributed by atoms with Gasteiger partial charge in [0, 0.05) is 12.0 Å². The average molecular weight is 380 g/mol. The predicted octanol–water partition coefficient (Wildman–Crippen LogP) is 2.95. The largest absolute Gasteiger partial charge is 0.269 e. The molecule has 1 aromatic carbocycles. The van der Waals surface area contributed by atoms with E-state index in [0.717, 1.165) is 4.48 Å². The van der Waals surface area contributed by atoms with Gasteiger partial charge in [-0.1, -0.05) is 42.5 Å². The topological polar surface area (TPSA) is 63.2 Å². The van der Waals surface area contributed by atoms with E-state index < -0.39 is 15.9 Å². The van der Waals surface area contributed by atoms with Crippen molar-refractivity contribution in [2.75, 3.05) is 0 Å². The van der Waals surface area contributed by atoms with Gasteiger partial charge in [-0.3, -0.25) is 4.79 Å². The molecular weight excluding hydrogens is 366 g/mol. The fraction of sp³-hybridized carbons (Fsp3) is 0.125. The van der Waals surface area contributed by atoms with Crippen LogP contribution in [0.25, 0.3) is 0 Å². The van der Waals surface area contributed by atoms with Gasteiger partial charge in [0.25, 0.3) is 5.91 Å². The Hall–Kier alpha value is -1.88. The highest BCUT2D eigenvalue weighted by molar-refractivity contribution is 9.11. The standard InChI is InChI=1S/C16H14BrNO3S/c17-15-10-4-8-14(9-5-11-15)16(19)18-22(20,21)12-13-6-2-1-3-7-13/h1-8,10H,9,12H2,(H,18,19). The number of rotatable bonds is 4. The Morgan fingerprint density at radius 2 is 2.00 bits per heavy atom. The van der Waals surface area contributed by atoms with Crippen LogP contribution in [0, 0.1) is 0 Å². The number of halogens is 1. The van der Waals surface area contributed by atoms with Gasteiger partial charge in [0.1, 0.15) is 0 Å². The van der Waals surface area contributed by atoms with Crippen molar-refractivity contribution < 1.29 is 13.2 Å². The summed E-state index contributed by atoms with van der Waals surface area (Å²) in [4.78, 5) is 12.1. The van der Waals surface area contributed by atoms with Gasteiger partial charge < -0.3 is 0 Å². The monoisotopic (exact) mass is 379 g/mol. The zero-order valence-electron chi connectivity index (χ0n) is 11.6. The Kier molecular flexibility index (Phi) is 5.55. The molecule has 0 spiro atoms. The van der Waals surface area contributed by atoms with Crippen LogP contribution >= 0.6 is 15.9 Å². The lowest BCUT2D eigenvalue weighted by molar-refractivity contribution is -0.115. The molecule has 1 aromatic rings. The summed E-state index contributed by atoms with van der Waals surface area (Å²) in [5.74, 6) is -0.846. The molecule has 0 atom stereocenters. The zero-order chi connectivity index (χ0) is 16.0. The van der Waals surface area contributed by atoms with Crippen LogP contribution in [0.3, 0.4) is 0 Å². The first-order chi connectivity index (χ1) is 10.5. The molecule has 0 bridgehead atoms. The first kappa shape index (κ1) is 16.5. The van der Waals surface area contributed by atoms with Crippen molar-refractivity contribution in [3.05, 3.63) is 76.0 Å². The van der Waals surface area contributed by atoms with E-state index in [4.69, 9.17) is 0 Å². The van der Waals surface area contributed by atoms with Crippen LogP contribution in [0.5, 0.6) is 0 Å². The summed E-state index contributed by atoms with van der Waals surface area (Å²) in [6.07, 6.45) is 6.96. The Morgan fingerprint density at radius 3 is 2.73 bits per heavy atom. The highest BCUT2D eigenvalue weighted by Gasteiger charge is 2.17. The number of hydrogen-bond acceptors (Lipinski definition) is 3. The first-order valence-corrected chi connectivity index (χ1v) is 8.97. The molecule has 2 rings (SSSR count). The average Bonchev–Trinajstić information content (AvgIpc) is 2.42. The zero-order valence-corrected chi connectivity index (χ0v) is 14.0. The highest BCUT2D eigenvalue weighted by atomic mass is 79.9. The van der Waals surface area contributed by atoms with Crippen LogP contribution < -0.4 is 4.72 Å². The van der Waals surface area contributed by atoms with Crippen LogP contribution in [0.1, 0.15) is 12.0 Å². The van der Waals surface area contributed by atoms with Gasteiger partial charge >= 0.3 is 0 Å². The fourth-order valence-corrected chi connectivity index (χ4v) is 3.26. The number of nitrogens with one attached hydrogen (secondary N) is 1. The molecule has 0 aliphatic heterocycles. The lowest BCUT2D eigenvalue weighted by Crippen LogP contribution is -2.32. The first-order valence-electron chi connectivity index (χ1n) is 6.53. The normalized spacial score (nSPS) is 14.6. The summed E-state index contributed by atoms with van der Waals surface area (Å²) < 4.78 is 27.0. The number of carbonyl (C=O) groups excluding carboxylic acids is 1. The second-order valence-electron chi connectivity index (χ2n) is 4.63. The molecule has 0 saturated carbocycles. The molecule has 1 aliphatic rings. The van der Waals surface area contributed by atoms with Gasteiger partial charge in [-0.25, -0.2) is 13.1 Å². The van der Waals surface area contributed by atoms with Gasteiger partial charge in [-0.05, 0) is 33.6 Å². The lowest BCUT2D eigenvalue weighted by atomic mass is 10.1.